The summed E-state index contributed by atoms with van der Waals surface area (Å²) in [6.07, 6.45) is 0. The zero-order valence-corrected chi connectivity index (χ0v) is 19.2. The minimum atomic E-state index is -0.414. The van der Waals surface area contributed by atoms with Crippen molar-refractivity contribution in [3.63, 3.8) is 0 Å². The Kier molecular flexibility index (Phi) is 6.18. The van der Waals surface area contributed by atoms with Crippen LogP contribution < -0.4 is 14.4 Å². The number of aryl methyl sites for hydroxylation is 1. The number of amides is 2. The number of anilines is 1. The van der Waals surface area contributed by atoms with Crippen LogP contribution in [0.2, 0.25) is 0 Å². The van der Waals surface area contributed by atoms with Gasteiger partial charge in [0.25, 0.3) is 11.8 Å². The van der Waals surface area contributed by atoms with Gasteiger partial charge in [-0.1, -0.05) is 54.6 Å². The molecule has 0 spiro atoms. The summed E-state index contributed by atoms with van der Waals surface area (Å²) in [7, 11) is 4.89. The van der Waals surface area contributed by atoms with Gasteiger partial charge < -0.3 is 14.4 Å². The molecule has 0 fully saturated rings. The average molecular weight is 443 g/mol. The minimum absolute atomic E-state index is 0.305. The first-order chi connectivity index (χ1) is 16.0. The third-order valence-corrected chi connectivity index (χ3v) is 5.66. The second kappa shape index (κ2) is 9.20. The molecule has 0 radical (unpaired) electrons. The van der Waals surface area contributed by atoms with Crippen molar-refractivity contribution < 1.29 is 19.1 Å². The maximum Gasteiger partial charge on any atom is 0.282 e. The summed E-state index contributed by atoms with van der Waals surface area (Å²) < 4.78 is 11.0. The molecule has 1 aliphatic heterocycles. The first-order valence-corrected chi connectivity index (χ1v) is 10.6. The lowest BCUT2D eigenvalue weighted by Crippen LogP contribution is -2.34. The molecule has 0 atom stereocenters. The van der Waals surface area contributed by atoms with Gasteiger partial charge in [0.05, 0.1) is 25.5 Å². The molecule has 3 aromatic rings. The van der Waals surface area contributed by atoms with Gasteiger partial charge in [0, 0.05) is 19.2 Å². The molecule has 4 rings (SSSR count). The summed E-state index contributed by atoms with van der Waals surface area (Å²) in [5.74, 6) is 0.164. The second-order valence-corrected chi connectivity index (χ2v) is 7.89. The monoisotopic (exact) mass is 442 g/mol. The van der Waals surface area contributed by atoms with Crippen molar-refractivity contribution >= 4 is 23.1 Å². The molecule has 1 heterocycles. The van der Waals surface area contributed by atoms with Crippen LogP contribution >= 0.6 is 0 Å². The quantitative estimate of drug-likeness (QED) is 0.507. The van der Waals surface area contributed by atoms with Crippen LogP contribution in [-0.2, 0) is 16.1 Å². The van der Waals surface area contributed by atoms with Crippen LogP contribution in [-0.4, -0.2) is 38.0 Å². The van der Waals surface area contributed by atoms with Crippen molar-refractivity contribution in [1.29, 1.82) is 0 Å². The molecule has 0 saturated carbocycles. The lowest BCUT2D eigenvalue weighted by molar-refractivity contribution is -0.120. The van der Waals surface area contributed by atoms with Crippen LogP contribution in [0.25, 0.3) is 5.57 Å². The summed E-state index contributed by atoms with van der Waals surface area (Å²) >= 11 is 0. The predicted octanol–water partition coefficient (Wildman–Crippen LogP) is 4.43. The Labute approximate surface area is 193 Å². The standard InChI is InChI=1S/C27H26N2O4/c1-18-14-15-23(33-4)21(16-18)29-26(30)24(20-12-8-9-13-22(20)32-3)25(27(29)31)28(2)17-19-10-6-5-7-11-19/h5-16H,17H2,1-4H3. The Morgan fingerprint density at radius 2 is 1.48 bits per heavy atom. The lowest BCUT2D eigenvalue weighted by atomic mass is 10.0. The van der Waals surface area contributed by atoms with E-state index in [1.165, 1.54) is 12.0 Å². The van der Waals surface area contributed by atoms with E-state index in [0.717, 1.165) is 11.1 Å². The molecule has 0 bridgehead atoms. The third-order valence-electron chi connectivity index (χ3n) is 5.66. The Balaban J connectivity index is 1.88. The van der Waals surface area contributed by atoms with Gasteiger partial charge in [0.15, 0.2) is 0 Å². The molecule has 6 heteroatoms. The smallest absolute Gasteiger partial charge is 0.282 e. The van der Waals surface area contributed by atoms with E-state index in [-0.39, 0.29) is 0 Å². The van der Waals surface area contributed by atoms with E-state index in [9.17, 15) is 9.59 Å². The van der Waals surface area contributed by atoms with Crippen LogP contribution in [0.4, 0.5) is 5.69 Å². The van der Waals surface area contributed by atoms with Gasteiger partial charge in [-0.3, -0.25) is 9.59 Å². The van der Waals surface area contributed by atoms with Crippen LogP contribution in [0, 0.1) is 6.92 Å². The van der Waals surface area contributed by atoms with E-state index >= 15 is 0 Å². The summed E-state index contributed by atoms with van der Waals surface area (Å²) in [6, 6.07) is 22.5. The number of hydrogen-bond donors (Lipinski definition) is 0. The highest BCUT2D eigenvalue weighted by molar-refractivity contribution is 6.46. The van der Waals surface area contributed by atoms with E-state index < -0.39 is 11.8 Å². The molecule has 0 aromatic heterocycles. The number of carbonyl (C=O) groups excluding carboxylic acids is 2. The molecular formula is C27H26N2O4. The van der Waals surface area contributed by atoms with E-state index in [0.29, 0.717) is 40.6 Å². The van der Waals surface area contributed by atoms with Crippen molar-refractivity contribution in [1.82, 2.24) is 4.90 Å². The van der Waals surface area contributed by atoms with Crippen molar-refractivity contribution in [2.24, 2.45) is 0 Å². The number of methoxy groups -OCH3 is 2. The van der Waals surface area contributed by atoms with Gasteiger partial charge in [-0.05, 0) is 36.2 Å². The van der Waals surface area contributed by atoms with Crippen molar-refractivity contribution in [2.75, 3.05) is 26.2 Å². The van der Waals surface area contributed by atoms with Crippen LogP contribution in [0.15, 0.2) is 78.5 Å². The van der Waals surface area contributed by atoms with Gasteiger partial charge in [-0.25, -0.2) is 4.90 Å². The molecule has 2 amide bonds. The molecular weight excluding hydrogens is 416 g/mol. The van der Waals surface area contributed by atoms with Gasteiger partial charge in [0.2, 0.25) is 0 Å². The number of benzene rings is 3. The third kappa shape index (κ3) is 4.07. The number of rotatable bonds is 7. The number of likely N-dealkylation sites (N-methyl/N-ethyl adjacent to an activating group) is 1. The molecule has 0 unspecified atom stereocenters. The van der Waals surface area contributed by atoms with E-state index in [1.807, 2.05) is 67.4 Å². The van der Waals surface area contributed by atoms with Gasteiger partial charge >= 0.3 is 0 Å². The number of para-hydroxylation sites is 1. The van der Waals surface area contributed by atoms with Crippen molar-refractivity contribution in [3.8, 4) is 11.5 Å². The first-order valence-electron chi connectivity index (χ1n) is 10.6. The summed E-state index contributed by atoms with van der Waals surface area (Å²) in [4.78, 5) is 30.7. The Hall–Kier alpha value is -4.06. The zero-order chi connectivity index (χ0) is 23.5. The number of nitrogens with zero attached hydrogens (tertiary/aromatic N) is 2. The van der Waals surface area contributed by atoms with E-state index in [2.05, 4.69) is 0 Å². The number of ether oxygens (including phenoxy) is 2. The normalized spacial score (nSPS) is 13.5. The van der Waals surface area contributed by atoms with Gasteiger partial charge in [-0.2, -0.15) is 0 Å². The molecule has 0 N–H and O–H groups in total. The fraction of sp³-hybridized carbons (Fsp3) is 0.185. The molecule has 168 valence electrons. The van der Waals surface area contributed by atoms with Crippen molar-refractivity contribution in [2.45, 2.75) is 13.5 Å². The first kappa shape index (κ1) is 22.1. The summed E-state index contributed by atoms with van der Waals surface area (Å²) in [6.45, 7) is 2.37. The van der Waals surface area contributed by atoms with Crippen LogP contribution in [0.3, 0.4) is 0 Å². The molecule has 6 nitrogen and oxygen atoms in total. The van der Waals surface area contributed by atoms with E-state index in [1.54, 1.807) is 31.4 Å². The van der Waals surface area contributed by atoms with Crippen LogP contribution in [0.1, 0.15) is 16.7 Å². The Bertz CT molecular complexity index is 1230. The number of carbonyl (C=O) groups is 2. The highest BCUT2D eigenvalue weighted by Gasteiger charge is 2.43. The molecule has 33 heavy (non-hydrogen) atoms. The number of hydrogen-bond acceptors (Lipinski definition) is 5. The van der Waals surface area contributed by atoms with Gasteiger partial charge in [-0.15, -0.1) is 0 Å². The van der Waals surface area contributed by atoms with Crippen LogP contribution in [0.5, 0.6) is 11.5 Å². The highest BCUT2D eigenvalue weighted by Crippen LogP contribution is 2.41. The predicted molar refractivity (Wildman–Crippen MR) is 128 cm³/mol. The summed E-state index contributed by atoms with van der Waals surface area (Å²) in [5, 5.41) is 0. The maximum atomic E-state index is 13.8. The molecule has 3 aromatic carbocycles. The molecule has 0 aliphatic carbocycles. The topological polar surface area (TPSA) is 59.1 Å². The largest absolute Gasteiger partial charge is 0.496 e. The maximum absolute atomic E-state index is 13.8. The fourth-order valence-corrected chi connectivity index (χ4v) is 4.10. The van der Waals surface area contributed by atoms with Crippen molar-refractivity contribution in [3.05, 3.63) is 95.2 Å². The molecule has 1 aliphatic rings. The average Bonchev–Trinajstić information content (AvgIpc) is 3.09. The van der Waals surface area contributed by atoms with Gasteiger partial charge in [0.1, 0.15) is 17.2 Å². The number of imide groups is 1. The Morgan fingerprint density at radius 1 is 0.818 bits per heavy atom. The fourth-order valence-electron chi connectivity index (χ4n) is 4.10. The van der Waals surface area contributed by atoms with E-state index in [4.69, 9.17) is 9.47 Å². The highest BCUT2D eigenvalue weighted by atomic mass is 16.5. The lowest BCUT2D eigenvalue weighted by Gasteiger charge is -2.22. The summed E-state index contributed by atoms with van der Waals surface area (Å²) in [5.41, 5.74) is 3.55. The SMILES string of the molecule is COc1ccccc1C1=C(N(C)Cc2ccccc2)C(=O)N(c2cc(C)ccc2OC)C1=O. The zero-order valence-electron chi connectivity index (χ0n) is 19.2. The minimum Gasteiger partial charge on any atom is -0.496 e. The second-order valence-electron chi connectivity index (χ2n) is 7.89. The Morgan fingerprint density at radius 3 is 2.18 bits per heavy atom. The molecule has 0 saturated heterocycles.